The first kappa shape index (κ1) is 38.7. The van der Waals surface area contributed by atoms with Crippen LogP contribution in [0.25, 0.3) is 11.4 Å². The summed E-state index contributed by atoms with van der Waals surface area (Å²) in [5.41, 5.74) is 2.09. The summed E-state index contributed by atoms with van der Waals surface area (Å²) in [7, 11) is 2.04. The molecule has 53 heavy (non-hydrogen) atoms. The first-order valence-electron chi connectivity index (χ1n) is 20.7. The molecule has 5 aliphatic rings. The van der Waals surface area contributed by atoms with Gasteiger partial charge in [-0.05, 0) is 117 Å². The van der Waals surface area contributed by atoms with Crippen LogP contribution in [0.4, 0.5) is 0 Å². The van der Waals surface area contributed by atoms with Crippen LogP contribution >= 0.6 is 0 Å². The summed E-state index contributed by atoms with van der Waals surface area (Å²) >= 11 is 0. The zero-order valence-electron chi connectivity index (χ0n) is 34.5. The van der Waals surface area contributed by atoms with Crippen LogP contribution in [0.1, 0.15) is 114 Å². The molecule has 8 nitrogen and oxygen atoms in total. The predicted octanol–water partition coefficient (Wildman–Crippen LogP) is 9.09. The van der Waals surface area contributed by atoms with Gasteiger partial charge in [0.25, 0.3) is 0 Å². The van der Waals surface area contributed by atoms with Crippen LogP contribution in [-0.2, 0) is 14.3 Å². The molecule has 2 aromatic rings. The first-order valence-corrected chi connectivity index (χ1v) is 20.7. The number of pyridine rings is 1. The van der Waals surface area contributed by atoms with E-state index in [0.717, 1.165) is 49.9 Å². The number of aromatic nitrogens is 3. The minimum absolute atomic E-state index is 0.0329. The van der Waals surface area contributed by atoms with Gasteiger partial charge in [-0.1, -0.05) is 80.0 Å². The Bertz CT molecular complexity index is 1710. The molecule has 0 radical (unpaired) electrons. The van der Waals surface area contributed by atoms with Crippen LogP contribution in [0.15, 0.2) is 48.3 Å². The number of hydrogen-bond acceptors (Lipinski definition) is 6. The van der Waals surface area contributed by atoms with Crippen LogP contribution in [0.5, 0.6) is 0 Å². The molecule has 4 fully saturated rings. The number of allylic oxidation sites excluding steroid dienone is 1. The van der Waals surface area contributed by atoms with E-state index in [1.165, 1.54) is 0 Å². The van der Waals surface area contributed by atoms with Crippen molar-refractivity contribution in [3.8, 4) is 11.4 Å². The fraction of sp³-hybridized carbons (Fsp3) is 0.756. The zero-order valence-corrected chi connectivity index (χ0v) is 34.5. The molecule has 4 aliphatic carbocycles. The lowest BCUT2D eigenvalue weighted by molar-refractivity contribution is -0.253. The maximum atomic E-state index is 13.6. The molecule has 2 N–H and O–H groups in total. The smallest absolute Gasteiger partial charge is 0.307 e. The van der Waals surface area contributed by atoms with Crippen LogP contribution in [-0.4, -0.2) is 64.4 Å². The van der Waals surface area contributed by atoms with E-state index in [9.17, 15) is 9.90 Å². The quantitative estimate of drug-likeness (QED) is 0.236. The molecule has 292 valence electrons. The summed E-state index contributed by atoms with van der Waals surface area (Å²) in [6.45, 7) is 25.1. The lowest BCUT2D eigenvalue weighted by Gasteiger charge is -2.71. The van der Waals surface area contributed by atoms with Gasteiger partial charge in [0.05, 0.1) is 49.3 Å². The van der Waals surface area contributed by atoms with Crippen LogP contribution in [0.2, 0.25) is 0 Å². The molecule has 0 amide bonds. The molecule has 1 saturated heterocycles. The van der Waals surface area contributed by atoms with Gasteiger partial charge in [0.15, 0.2) is 0 Å². The molecule has 0 unspecified atom stereocenters. The second-order valence-corrected chi connectivity index (χ2v) is 20.0. The summed E-state index contributed by atoms with van der Waals surface area (Å²) in [6.07, 6.45) is 12.0. The van der Waals surface area contributed by atoms with E-state index in [0.29, 0.717) is 49.4 Å². The molecule has 2 aromatic heterocycles. The van der Waals surface area contributed by atoms with Gasteiger partial charge < -0.3 is 19.9 Å². The van der Waals surface area contributed by atoms with E-state index in [1.54, 1.807) is 5.57 Å². The number of ether oxygens (including phenoxy) is 2. The van der Waals surface area contributed by atoms with Gasteiger partial charge in [-0.25, -0.2) is 0 Å². The van der Waals surface area contributed by atoms with E-state index >= 15 is 0 Å². The largest absolute Gasteiger partial charge is 0.481 e. The molecule has 7 rings (SSSR count). The van der Waals surface area contributed by atoms with Crippen molar-refractivity contribution in [2.24, 2.45) is 62.6 Å². The molecule has 3 saturated carbocycles. The number of carboxylic acids is 1. The number of nitrogens with zero attached hydrogens (tertiary/aromatic N) is 3. The zero-order chi connectivity index (χ0) is 38.4. The summed E-state index contributed by atoms with van der Waals surface area (Å²) < 4.78 is 16.4. The number of rotatable bonds is 10. The van der Waals surface area contributed by atoms with E-state index in [1.807, 2.05) is 31.6 Å². The van der Waals surface area contributed by atoms with E-state index < -0.39 is 11.9 Å². The van der Waals surface area contributed by atoms with Crippen molar-refractivity contribution in [2.75, 3.05) is 26.9 Å². The number of likely N-dealkylation sites (N-methyl/N-ethyl adjacent to an activating group) is 1. The standard InChI is InChI=1S/C45H68N4O4/c1-28(2)30(5)40(6)20-21-42(8)31-15-16-36-41(7)25-52-27-45(36,32(31)17-19-43(42,9)37(40)39(50)51)24-35(38(41)53-26-44(10,46-11)29(3)4)49-34(18-23-48-49)33-14-12-13-22-47-33/h12-14,17-18,22-23,28-31,35-38,46H,15-16,19-21,24-27H2,1-11H3,(H,50,51)/t30-,31+,35-,36+,37-,38+,40-,41-,42-,43+,44+,45+/m1/s1. The fourth-order valence-electron chi connectivity index (χ4n) is 13.2. The van der Waals surface area contributed by atoms with Crippen molar-refractivity contribution in [1.82, 2.24) is 20.1 Å². The molecular weight excluding hydrogens is 661 g/mol. The van der Waals surface area contributed by atoms with Crippen molar-refractivity contribution < 1.29 is 19.4 Å². The SMILES string of the molecule is CN[C@@](C)(CO[C@H]1[C@H](n2nccc2-c2ccccn2)C[C@@]23COC[C@]1(C)[C@@H]2CC[C@H]1C3=CC[C@@]2(C)[C@H](C(=O)O)[C@@](C)([C@H](C)C(C)C)CC[C@]12C)C(C)C. The molecule has 1 aliphatic heterocycles. The van der Waals surface area contributed by atoms with Gasteiger partial charge in [0, 0.05) is 28.8 Å². The third-order valence-electron chi connectivity index (χ3n) is 17.4. The highest BCUT2D eigenvalue weighted by atomic mass is 16.5. The summed E-state index contributed by atoms with van der Waals surface area (Å²) in [5, 5.41) is 19.8. The Morgan fingerprint density at radius 1 is 1.06 bits per heavy atom. The monoisotopic (exact) mass is 729 g/mol. The van der Waals surface area contributed by atoms with Crippen molar-refractivity contribution >= 4 is 5.97 Å². The lowest BCUT2D eigenvalue weighted by atomic mass is 9.34. The van der Waals surface area contributed by atoms with E-state index in [-0.39, 0.29) is 44.8 Å². The Balaban J connectivity index is 1.35. The molecule has 0 spiro atoms. The molecule has 2 bridgehead atoms. The Hall–Kier alpha value is -2.55. The van der Waals surface area contributed by atoms with Crippen molar-refractivity contribution in [1.29, 1.82) is 0 Å². The van der Waals surface area contributed by atoms with E-state index in [4.69, 9.17) is 19.6 Å². The van der Waals surface area contributed by atoms with Gasteiger partial charge in [-0.2, -0.15) is 5.10 Å². The Morgan fingerprint density at radius 3 is 2.45 bits per heavy atom. The second-order valence-electron chi connectivity index (χ2n) is 20.0. The topological polar surface area (TPSA) is 98.5 Å². The van der Waals surface area contributed by atoms with Crippen LogP contribution in [0, 0.1) is 62.6 Å². The third-order valence-corrected chi connectivity index (χ3v) is 17.4. The number of nitrogens with one attached hydrogen (secondary N) is 1. The Labute approximate surface area is 319 Å². The van der Waals surface area contributed by atoms with Gasteiger partial charge in [0.1, 0.15) is 0 Å². The van der Waals surface area contributed by atoms with Crippen molar-refractivity contribution in [2.45, 2.75) is 125 Å². The van der Waals surface area contributed by atoms with Gasteiger partial charge in [-0.15, -0.1) is 0 Å². The normalized spacial score (nSPS) is 41.2. The number of carboxylic acid groups (broad SMARTS) is 1. The lowest BCUT2D eigenvalue weighted by Crippen LogP contribution is -2.69. The Morgan fingerprint density at radius 2 is 1.81 bits per heavy atom. The van der Waals surface area contributed by atoms with Crippen molar-refractivity contribution in [3.05, 3.63) is 48.3 Å². The van der Waals surface area contributed by atoms with Gasteiger partial charge in [-0.3, -0.25) is 14.5 Å². The minimum atomic E-state index is -0.612. The molecule has 12 atom stereocenters. The fourth-order valence-corrected chi connectivity index (χ4v) is 13.2. The summed E-state index contributed by atoms with van der Waals surface area (Å²) in [5.74, 6) is 0.802. The second kappa shape index (κ2) is 13.3. The Kier molecular flexibility index (Phi) is 9.71. The highest BCUT2D eigenvalue weighted by molar-refractivity contribution is 5.73. The number of aliphatic carboxylic acids is 1. The number of carbonyl (C=O) groups is 1. The number of fused-ring (bicyclic) bond motifs is 3. The van der Waals surface area contributed by atoms with Crippen molar-refractivity contribution in [3.63, 3.8) is 0 Å². The maximum Gasteiger partial charge on any atom is 0.307 e. The predicted molar refractivity (Wildman–Crippen MR) is 210 cm³/mol. The maximum absolute atomic E-state index is 13.6. The highest BCUT2D eigenvalue weighted by Crippen LogP contribution is 2.75. The van der Waals surface area contributed by atoms with Gasteiger partial charge >= 0.3 is 5.97 Å². The van der Waals surface area contributed by atoms with Crippen LogP contribution < -0.4 is 5.32 Å². The molecular formula is C45H68N4O4. The average Bonchev–Trinajstić information content (AvgIpc) is 3.61. The average molecular weight is 729 g/mol. The van der Waals surface area contributed by atoms with Gasteiger partial charge in [0.2, 0.25) is 0 Å². The first-order chi connectivity index (χ1) is 24.9. The number of hydrogen-bond donors (Lipinski definition) is 2. The molecule has 0 aromatic carbocycles. The summed E-state index contributed by atoms with van der Waals surface area (Å²) in [4.78, 5) is 18.4. The third kappa shape index (κ3) is 5.49. The van der Waals surface area contributed by atoms with Crippen LogP contribution in [0.3, 0.4) is 0 Å². The minimum Gasteiger partial charge on any atom is -0.481 e. The van der Waals surface area contributed by atoms with E-state index in [2.05, 4.69) is 97.4 Å². The summed E-state index contributed by atoms with van der Waals surface area (Å²) in [6, 6.07) is 8.16. The molecule has 3 heterocycles. The molecule has 8 heteroatoms. The highest BCUT2D eigenvalue weighted by Gasteiger charge is 2.72.